The number of benzene rings is 3. The highest BCUT2D eigenvalue weighted by atomic mass is 16.5. The van der Waals surface area contributed by atoms with Gasteiger partial charge in [-0.05, 0) is 142 Å². The lowest BCUT2D eigenvalue weighted by Crippen LogP contribution is -2.33. The van der Waals surface area contributed by atoms with Gasteiger partial charge < -0.3 is 40.9 Å². The van der Waals surface area contributed by atoms with Crippen molar-refractivity contribution in [2.45, 2.75) is 57.9 Å². The molecule has 0 saturated carbocycles. The van der Waals surface area contributed by atoms with Gasteiger partial charge >= 0.3 is 17.9 Å². The predicted octanol–water partition coefficient (Wildman–Crippen LogP) is 4.29. The van der Waals surface area contributed by atoms with Gasteiger partial charge in [0.15, 0.2) is 0 Å². The lowest BCUT2D eigenvalue weighted by molar-refractivity contribution is -0.144. The molecule has 1 amide bonds. The summed E-state index contributed by atoms with van der Waals surface area (Å²) in [5.74, 6) is -3.00. The molecule has 0 bridgehead atoms. The standard InChI is InChI=1S/C45H58N4O8/c50-42(25-32-7-1-5-30(19-32)22-39(43(51)52)35-11-14-46-26-35)49(29-34-9-2-6-31(20-34)23-40(44(53)54)36-12-15-47-27-36)17-4-18-57-38-10-3-8-33(21-38)24-41(45(55)56)37-13-16-48-28-37/h1-3,5-10,19-21,35-37,39-41,46-48H,4,11-18,22-29H2,(H,51,52)(H,53,54)(H,55,56)/t35-,36-,37-,39-,40-,41-/m0/s1. The van der Waals surface area contributed by atoms with E-state index in [9.17, 15) is 34.5 Å². The molecule has 3 saturated heterocycles. The molecule has 306 valence electrons. The SMILES string of the molecule is O=C(O)[C@@H](Cc1cccc(CC(=O)N(CCCOc2cccc(C[C@H](C(=O)O)[C@H]3CCNC3)c2)Cc2cccc(C[C@H](C(=O)O)[C@H]3CCNC3)c2)c1)[C@H]1CCNC1. The van der Waals surface area contributed by atoms with Crippen LogP contribution in [-0.2, 0) is 51.4 Å². The summed E-state index contributed by atoms with van der Waals surface area (Å²) in [5.41, 5.74) is 4.47. The van der Waals surface area contributed by atoms with E-state index in [4.69, 9.17) is 4.74 Å². The van der Waals surface area contributed by atoms with E-state index in [0.717, 1.165) is 66.7 Å². The Hall–Kier alpha value is -4.78. The molecule has 12 nitrogen and oxygen atoms in total. The quantitative estimate of drug-likeness (QED) is 0.0851. The highest BCUT2D eigenvalue weighted by molar-refractivity contribution is 5.79. The molecule has 6 N–H and O–H groups in total. The van der Waals surface area contributed by atoms with Crippen molar-refractivity contribution in [1.29, 1.82) is 0 Å². The van der Waals surface area contributed by atoms with Crippen LogP contribution in [0.25, 0.3) is 0 Å². The summed E-state index contributed by atoms with van der Waals surface area (Å²) in [6.45, 7) is 5.69. The van der Waals surface area contributed by atoms with E-state index in [1.54, 1.807) is 0 Å². The highest BCUT2D eigenvalue weighted by Gasteiger charge is 2.33. The minimum atomic E-state index is -0.798. The summed E-state index contributed by atoms with van der Waals surface area (Å²) in [4.78, 5) is 52.5. The summed E-state index contributed by atoms with van der Waals surface area (Å²) >= 11 is 0. The molecular weight excluding hydrogens is 725 g/mol. The van der Waals surface area contributed by atoms with Gasteiger partial charge in [-0.1, -0.05) is 60.7 Å². The summed E-state index contributed by atoms with van der Waals surface area (Å²) in [7, 11) is 0. The van der Waals surface area contributed by atoms with E-state index in [0.29, 0.717) is 70.8 Å². The average molecular weight is 783 g/mol. The van der Waals surface area contributed by atoms with Gasteiger partial charge in [-0.15, -0.1) is 0 Å². The molecule has 3 heterocycles. The van der Waals surface area contributed by atoms with Gasteiger partial charge in [-0.25, -0.2) is 0 Å². The van der Waals surface area contributed by atoms with Crippen LogP contribution in [0.3, 0.4) is 0 Å². The molecule has 12 heteroatoms. The molecular formula is C45H58N4O8. The fourth-order valence-corrected chi connectivity index (χ4v) is 8.92. The van der Waals surface area contributed by atoms with E-state index in [1.807, 2.05) is 77.7 Å². The number of carboxylic acid groups (broad SMARTS) is 3. The number of hydrogen-bond acceptors (Lipinski definition) is 8. The van der Waals surface area contributed by atoms with Crippen molar-refractivity contribution in [1.82, 2.24) is 20.9 Å². The molecule has 57 heavy (non-hydrogen) atoms. The topological polar surface area (TPSA) is 178 Å². The lowest BCUT2D eigenvalue weighted by atomic mass is 9.86. The van der Waals surface area contributed by atoms with Crippen LogP contribution in [0.5, 0.6) is 5.75 Å². The Bertz CT molecular complexity index is 1820. The summed E-state index contributed by atoms with van der Waals surface area (Å²) < 4.78 is 6.15. The molecule has 0 radical (unpaired) electrons. The van der Waals surface area contributed by atoms with Gasteiger partial charge in [0.2, 0.25) is 5.91 Å². The zero-order valence-corrected chi connectivity index (χ0v) is 32.7. The van der Waals surface area contributed by atoms with Crippen molar-refractivity contribution in [2.24, 2.45) is 35.5 Å². The maximum absolute atomic E-state index is 14.1. The minimum absolute atomic E-state index is 0.0699. The normalized spacial score (nSPS) is 20.8. The maximum Gasteiger partial charge on any atom is 0.307 e. The van der Waals surface area contributed by atoms with Crippen molar-refractivity contribution in [2.75, 3.05) is 52.4 Å². The second kappa shape index (κ2) is 20.6. The Morgan fingerprint density at radius 2 is 1.05 bits per heavy atom. The van der Waals surface area contributed by atoms with Crippen LogP contribution in [0.2, 0.25) is 0 Å². The van der Waals surface area contributed by atoms with Gasteiger partial charge in [0.1, 0.15) is 5.75 Å². The minimum Gasteiger partial charge on any atom is -0.494 e. The van der Waals surface area contributed by atoms with Crippen molar-refractivity contribution >= 4 is 23.8 Å². The predicted molar refractivity (Wildman–Crippen MR) is 216 cm³/mol. The number of nitrogens with one attached hydrogen (secondary N) is 3. The van der Waals surface area contributed by atoms with Crippen LogP contribution in [0.4, 0.5) is 0 Å². The Labute approximate surface area is 335 Å². The number of hydrogen-bond donors (Lipinski definition) is 6. The van der Waals surface area contributed by atoms with E-state index >= 15 is 0 Å². The molecule has 0 unspecified atom stereocenters. The molecule has 3 fully saturated rings. The number of carboxylic acids is 3. The third-order valence-electron chi connectivity index (χ3n) is 12.1. The smallest absolute Gasteiger partial charge is 0.307 e. The van der Waals surface area contributed by atoms with Crippen molar-refractivity contribution in [3.63, 3.8) is 0 Å². The molecule has 0 aromatic heterocycles. The van der Waals surface area contributed by atoms with Gasteiger partial charge in [0, 0.05) is 13.1 Å². The number of rotatable bonds is 21. The second-order valence-corrected chi connectivity index (χ2v) is 16.2. The molecule has 3 aliphatic heterocycles. The van der Waals surface area contributed by atoms with Crippen LogP contribution in [0.1, 0.15) is 53.5 Å². The zero-order valence-electron chi connectivity index (χ0n) is 32.7. The number of ether oxygens (including phenoxy) is 1. The number of amides is 1. The number of nitrogens with zero attached hydrogens (tertiary/aromatic N) is 1. The fourth-order valence-electron chi connectivity index (χ4n) is 8.92. The van der Waals surface area contributed by atoms with E-state index < -0.39 is 35.7 Å². The molecule has 3 aromatic rings. The van der Waals surface area contributed by atoms with Gasteiger partial charge in [0.05, 0.1) is 30.8 Å². The maximum atomic E-state index is 14.1. The lowest BCUT2D eigenvalue weighted by Gasteiger charge is -2.24. The first kappa shape index (κ1) is 41.8. The van der Waals surface area contributed by atoms with Gasteiger partial charge in [-0.2, -0.15) is 0 Å². The van der Waals surface area contributed by atoms with Crippen molar-refractivity contribution in [3.8, 4) is 5.75 Å². The Morgan fingerprint density at radius 1 is 0.614 bits per heavy atom. The number of carbonyl (C=O) groups is 4. The summed E-state index contributed by atoms with van der Waals surface area (Å²) in [6.07, 6.45) is 4.47. The Kier molecular flexibility index (Phi) is 15.1. The van der Waals surface area contributed by atoms with Crippen LogP contribution in [-0.4, -0.2) is 96.5 Å². The number of carbonyl (C=O) groups excluding carboxylic acids is 1. The van der Waals surface area contributed by atoms with E-state index in [-0.39, 0.29) is 30.1 Å². The third-order valence-corrected chi connectivity index (χ3v) is 12.1. The zero-order chi connectivity index (χ0) is 40.1. The largest absolute Gasteiger partial charge is 0.494 e. The molecule has 3 aliphatic rings. The van der Waals surface area contributed by atoms with E-state index in [1.165, 1.54) is 0 Å². The van der Waals surface area contributed by atoms with Crippen LogP contribution >= 0.6 is 0 Å². The Balaban J connectivity index is 1.12. The third kappa shape index (κ3) is 12.1. The number of aliphatic carboxylic acids is 3. The summed E-state index contributed by atoms with van der Waals surface area (Å²) in [6, 6.07) is 23.1. The average Bonchev–Trinajstić information content (AvgIpc) is 4.02. The monoisotopic (exact) mass is 782 g/mol. The van der Waals surface area contributed by atoms with E-state index in [2.05, 4.69) is 16.0 Å². The molecule has 6 atom stereocenters. The first-order valence-electron chi connectivity index (χ1n) is 20.6. The Morgan fingerprint density at radius 3 is 1.53 bits per heavy atom. The van der Waals surface area contributed by atoms with Gasteiger partial charge in [0.25, 0.3) is 0 Å². The van der Waals surface area contributed by atoms with Crippen LogP contribution < -0.4 is 20.7 Å². The molecule has 0 spiro atoms. The molecule has 0 aliphatic carbocycles. The molecule has 6 rings (SSSR count). The fraction of sp³-hybridized carbons (Fsp3) is 0.511. The van der Waals surface area contributed by atoms with Gasteiger partial charge in [-0.3, -0.25) is 19.2 Å². The summed E-state index contributed by atoms with van der Waals surface area (Å²) in [5, 5.41) is 39.8. The molecule has 3 aromatic carbocycles. The first-order valence-corrected chi connectivity index (χ1v) is 20.6. The van der Waals surface area contributed by atoms with Crippen molar-refractivity contribution < 1.29 is 39.2 Å². The first-order chi connectivity index (χ1) is 27.6. The second-order valence-electron chi connectivity index (χ2n) is 16.2. The van der Waals surface area contributed by atoms with Crippen LogP contribution in [0, 0.1) is 35.5 Å². The highest BCUT2D eigenvalue weighted by Crippen LogP contribution is 2.28. The van der Waals surface area contributed by atoms with Crippen LogP contribution in [0.15, 0.2) is 72.8 Å². The van der Waals surface area contributed by atoms with Crippen molar-refractivity contribution in [3.05, 3.63) is 101 Å².